The van der Waals surface area contributed by atoms with Crippen LogP contribution in [0.3, 0.4) is 0 Å². The normalized spacial score (nSPS) is 11.4. The SMILES string of the molecule is Cc1nccn1-c1cccc(OS(N)(=O)=O)c1. The van der Waals surface area contributed by atoms with E-state index in [1.165, 1.54) is 6.07 Å². The largest absolute Gasteiger partial charge is 0.380 e. The van der Waals surface area contributed by atoms with Crippen molar-refractivity contribution in [3.05, 3.63) is 42.5 Å². The number of imidazole rings is 1. The van der Waals surface area contributed by atoms with Crippen LogP contribution >= 0.6 is 0 Å². The van der Waals surface area contributed by atoms with Gasteiger partial charge >= 0.3 is 10.3 Å². The number of rotatable bonds is 3. The van der Waals surface area contributed by atoms with Crippen molar-refractivity contribution >= 4 is 10.3 Å². The third-order valence-electron chi connectivity index (χ3n) is 2.13. The van der Waals surface area contributed by atoms with E-state index in [9.17, 15) is 8.42 Å². The molecule has 0 amide bonds. The first-order valence-corrected chi connectivity index (χ1v) is 6.25. The summed E-state index contributed by atoms with van der Waals surface area (Å²) in [6, 6.07) is 6.57. The zero-order valence-electron chi connectivity index (χ0n) is 9.07. The number of benzene rings is 1. The maximum atomic E-state index is 10.8. The predicted octanol–water partition coefficient (Wildman–Crippen LogP) is 0.763. The second-order valence-corrected chi connectivity index (χ2v) is 4.57. The monoisotopic (exact) mass is 253 g/mol. The van der Waals surface area contributed by atoms with Gasteiger partial charge in [-0.2, -0.15) is 13.6 Å². The van der Waals surface area contributed by atoms with Crippen LogP contribution in [-0.2, 0) is 10.3 Å². The molecule has 0 bridgehead atoms. The summed E-state index contributed by atoms with van der Waals surface area (Å²) in [5.41, 5.74) is 0.751. The first-order valence-electron chi connectivity index (χ1n) is 4.78. The number of hydrogen-bond donors (Lipinski definition) is 1. The van der Waals surface area contributed by atoms with Crippen LogP contribution in [-0.4, -0.2) is 18.0 Å². The van der Waals surface area contributed by atoms with Crippen LogP contribution in [0, 0.1) is 6.92 Å². The molecule has 0 aliphatic heterocycles. The minimum absolute atomic E-state index is 0.165. The van der Waals surface area contributed by atoms with Gasteiger partial charge in [-0.1, -0.05) is 6.07 Å². The Labute approximate surface area is 98.9 Å². The van der Waals surface area contributed by atoms with E-state index in [1.54, 1.807) is 29.1 Å². The van der Waals surface area contributed by atoms with Gasteiger partial charge in [0.15, 0.2) is 0 Å². The Bertz CT molecular complexity index is 634. The number of aromatic nitrogens is 2. The third-order valence-corrected chi connectivity index (χ3v) is 2.56. The Morgan fingerprint density at radius 1 is 1.41 bits per heavy atom. The highest BCUT2D eigenvalue weighted by Crippen LogP contribution is 2.18. The van der Waals surface area contributed by atoms with Gasteiger partial charge in [-0.15, -0.1) is 0 Å². The topological polar surface area (TPSA) is 87.2 Å². The van der Waals surface area contributed by atoms with Crippen molar-refractivity contribution in [1.29, 1.82) is 0 Å². The summed E-state index contributed by atoms with van der Waals surface area (Å²) in [6.07, 6.45) is 3.42. The fourth-order valence-corrected chi connectivity index (χ4v) is 1.84. The number of nitrogens with zero attached hydrogens (tertiary/aromatic N) is 2. The Morgan fingerprint density at radius 2 is 2.18 bits per heavy atom. The second kappa shape index (κ2) is 4.19. The van der Waals surface area contributed by atoms with E-state index in [0.29, 0.717) is 0 Å². The van der Waals surface area contributed by atoms with Crippen molar-refractivity contribution in [2.45, 2.75) is 6.92 Å². The molecule has 2 aromatic rings. The van der Waals surface area contributed by atoms with Crippen LogP contribution in [0.5, 0.6) is 5.75 Å². The van der Waals surface area contributed by atoms with Crippen molar-refractivity contribution < 1.29 is 12.6 Å². The summed E-state index contributed by atoms with van der Waals surface area (Å²) in [4.78, 5) is 4.08. The highest BCUT2D eigenvalue weighted by atomic mass is 32.2. The lowest BCUT2D eigenvalue weighted by Gasteiger charge is -2.07. The summed E-state index contributed by atoms with van der Waals surface area (Å²) in [5.74, 6) is 0.954. The molecule has 2 N–H and O–H groups in total. The molecule has 0 aliphatic rings. The van der Waals surface area contributed by atoms with Crippen molar-refractivity contribution in [1.82, 2.24) is 9.55 Å². The van der Waals surface area contributed by atoms with Gasteiger partial charge in [0.1, 0.15) is 11.6 Å². The molecule has 0 saturated heterocycles. The summed E-state index contributed by atoms with van der Waals surface area (Å²) in [6.45, 7) is 1.84. The minimum Gasteiger partial charge on any atom is -0.371 e. The zero-order chi connectivity index (χ0) is 12.5. The molecular formula is C10H11N3O3S. The lowest BCUT2D eigenvalue weighted by atomic mass is 10.3. The van der Waals surface area contributed by atoms with E-state index in [0.717, 1.165) is 11.5 Å². The van der Waals surface area contributed by atoms with E-state index in [2.05, 4.69) is 9.17 Å². The molecule has 6 nitrogen and oxygen atoms in total. The van der Waals surface area contributed by atoms with Gasteiger partial charge in [0, 0.05) is 18.5 Å². The lowest BCUT2D eigenvalue weighted by Crippen LogP contribution is -2.19. The van der Waals surface area contributed by atoms with Crippen LogP contribution in [0.1, 0.15) is 5.82 Å². The molecule has 0 spiro atoms. The van der Waals surface area contributed by atoms with E-state index in [1.807, 2.05) is 13.0 Å². The molecule has 0 aliphatic carbocycles. The first kappa shape index (κ1) is 11.6. The van der Waals surface area contributed by atoms with E-state index in [-0.39, 0.29) is 5.75 Å². The van der Waals surface area contributed by atoms with Crippen LogP contribution in [0.25, 0.3) is 5.69 Å². The van der Waals surface area contributed by atoms with Crippen molar-refractivity contribution in [3.63, 3.8) is 0 Å². The summed E-state index contributed by atoms with van der Waals surface area (Å²) >= 11 is 0. The molecule has 0 atom stereocenters. The Kier molecular flexibility index (Phi) is 2.86. The third kappa shape index (κ3) is 2.83. The molecule has 0 radical (unpaired) electrons. The maximum Gasteiger partial charge on any atom is 0.380 e. The van der Waals surface area contributed by atoms with Crippen molar-refractivity contribution in [2.75, 3.05) is 0 Å². The van der Waals surface area contributed by atoms with E-state index >= 15 is 0 Å². The Balaban J connectivity index is 2.39. The smallest absolute Gasteiger partial charge is 0.371 e. The van der Waals surface area contributed by atoms with Crippen molar-refractivity contribution in [2.24, 2.45) is 5.14 Å². The number of aryl methyl sites for hydroxylation is 1. The van der Waals surface area contributed by atoms with Crippen LogP contribution in [0.4, 0.5) is 0 Å². The van der Waals surface area contributed by atoms with Gasteiger partial charge < -0.3 is 8.75 Å². The summed E-state index contributed by atoms with van der Waals surface area (Å²) in [5, 5.41) is 4.80. The van der Waals surface area contributed by atoms with Gasteiger partial charge in [-0.05, 0) is 19.1 Å². The molecule has 17 heavy (non-hydrogen) atoms. The van der Waals surface area contributed by atoms with Gasteiger partial charge in [-0.3, -0.25) is 0 Å². The quantitative estimate of drug-likeness (QED) is 0.874. The molecule has 0 saturated carbocycles. The molecule has 2 rings (SSSR count). The predicted molar refractivity (Wildman–Crippen MR) is 62.0 cm³/mol. The fraction of sp³-hybridized carbons (Fsp3) is 0.100. The Hall–Kier alpha value is -1.86. The zero-order valence-corrected chi connectivity index (χ0v) is 9.89. The van der Waals surface area contributed by atoms with Gasteiger partial charge in [0.25, 0.3) is 0 Å². The molecule has 7 heteroatoms. The number of hydrogen-bond acceptors (Lipinski definition) is 4. The van der Waals surface area contributed by atoms with Gasteiger partial charge in [-0.25, -0.2) is 4.98 Å². The fourth-order valence-electron chi connectivity index (χ4n) is 1.47. The molecule has 1 aromatic carbocycles. The molecule has 0 unspecified atom stereocenters. The summed E-state index contributed by atoms with van der Waals surface area (Å²) in [7, 11) is -4.00. The number of nitrogens with two attached hydrogens (primary N) is 1. The molecular weight excluding hydrogens is 242 g/mol. The second-order valence-electron chi connectivity index (χ2n) is 3.42. The standard InChI is InChI=1S/C10H11N3O3S/c1-8-12-5-6-13(8)9-3-2-4-10(7-9)16-17(11,14)15/h2-7H,1H3,(H2,11,14,15). The van der Waals surface area contributed by atoms with Crippen LogP contribution in [0.15, 0.2) is 36.7 Å². The highest BCUT2D eigenvalue weighted by molar-refractivity contribution is 7.84. The molecule has 90 valence electrons. The van der Waals surface area contributed by atoms with Crippen molar-refractivity contribution in [3.8, 4) is 11.4 Å². The molecule has 1 heterocycles. The first-order chi connectivity index (χ1) is 7.96. The van der Waals surface area contributed by atoms with Crippen LogP contribution in [0.2, 0.25) is 0 Å². The van der Waals surface area contributed by atoms with Gasteiger partial charge in [0.2, 0.25) is 0 Å². The average Bonchev–Trinajstić information content (AvgIpc) is 2.62. The summed E-state index contributed by atoms with van der Waals surface area (Å²) < 4.78 is 28.0. The molecule has 0 fully saturated rings. The maximum absolute atomic E-state index is 10.8. The minimum atomic E-state index is -4.00. The average molecular weight is 253 g/mol. The highest BCUT2D eigenvalue weighted by Gasteiger charge is 2.07. The lowest BCUT2D eigenvalue weighted by molar-refractivity contribution is 0.487. The Morgan fingerprint density at radius 3 is 2.76 bits per heavy atom. The van der Waals surface area contributed by atoms with Crippen LogP contribution < -0.4 is 9.32 Å². The van der Waals surface area contributed by atoms with Gasteiger partial charge in [0.05, 0.1) is 5.69 Å². The van der Waals surface area contributed by atoms with E-state index in [4.69, 9.17) is 5.14 Å². The van der Waals surface area contributed by atoms with E-state index < -0.39 is 10.3 Å². The molecule has 1 aromatic heterocycles.